The van der Waals surface area contributed by atoms with Gasteiger partial charge in [-0.15, -0.1) is 10.2 Å². The van der Waals surface area contributed by atoms with Crippen molar-refractivity contribution >= 4 is 22.5 Å². The molecule has 0 unspecified atom stereocenters. The van der Waals surface area contributed by atoms with Gasteiger partial charge in [0.1, 0.15) is 5.52 Å². The molecular weight excluding hydrogens is 306 g/mol. The van der Waals surface area contributed by atoms with Gasteiger partial charge in [0.25, 0.3) is 5.91 Å². The van der Waals surface area contributed by atoms with Crippen molar-refractivity contribution in [2.24, 2.45) is 0 Å². The maximum Gasteiger partial charge on any atom is 0.273 e. The van der Waals surface area contributed by atoms with Crippen LogP contribution in [0.25, 0.3) is 22.0 Å². The molecule has 7 heteroatoms. The molecule has 0 atom stereocenters. The second-order valence-electron chi connectivity index (χ2n) is 5.08. The molecule has 0 aliphatic carbocycles. The van der Waals surface area contributed by atoms with Crippen LogP contribution in [0.4, 0.5) is 5.69 Å². The zero-order valence-corrected chi connectivity index (χ0v) is 13.4. The molecule has 0 saturated heterocycles. The SMILES string of the molecule is CCNC(=O)c1nnc2c(-c3cccnc3OC)cccc2c1N. The number of aromatic nitrogens is 3. The van der Waals surface area contributed by atoms with Gasteiger partial charge in [0.05, 0.1) is 12.8 Å². The summed E-state index contributed by atoms with van der Waals surface area (Å²) in [5.41, 5.74) is 8.75. The van der Waals surface area contributed by atoms with Crippen LogP contribution in [0.15, 0.2) is 36.5 Å². The number of nitrogens with zero attached hydrogens (tertiary/aromatic N) is 3. The summed E-state index contributed by atoms with van der Waals surface area (Å²) >= 11 is 0. The number of anilines is 1. The maximum atomic E-state index is 12.0. The second-order valence-corrected chi connectivity index (χ2v) is 5.08. The first-order valence-corrected chi connectivity index (χ1v) is 7.49. The Morgan fingerprint density at radius 2 is 2.00 bits per heavy atom. The van der Waals surface area contributed by atoms with Crippen LogP contribution < -0.4 is 15.8 Å². The number of methoxy groups -OCH3 is 1. The molecule has 1 aromatic carbocycles. The molecule has 3 rings (SSSR count). The Morgan fingerprint density at radius 3 is 2.75 bits per heavy atom. The molecule has 0 saturated carbocycles. The molecule has 0 aliphatic heterocycles. The summed E-state index contributed by atoms with van der Waals surface area (Å²) in [6.45, 7) is 2.32. The predicted octanol–water partition coefficient (Wildman–Crippen LogP) is 2.03. The van der Waals surface area contributed by atoms with Gasteiger partial charge < -0.3 is 15.8 Å². The van der Waals surface area contributed by atoms with Crippen LogP contribution in [0.5, 0.6) is 5.88 Å². The van der Waals surface area contributed by atoms with Crippen LogP contribution in [0.3, 0.4) is 0 Å². The molecule has 0 spiro atoms. The van der Waals surface area contributed by atoms with E-state index in [4.69, 9.17) is 10.5 Å². The largest absolute Gasteiger partial charge is 0.481 e. The predicted molar refractivity (Wildman–Crippen MR) is 91.7 cm³/mol. The summed E-state index contributed by atoms with van der Waals surface area (Å²) < 4.78 is 5.32. The van der Waals surface area contributed by atoms with Crippen molar-refractivity contribution in [3.05, 3.63) is 42.2 Å². The maximum absolute atomic E-state index is 12.0. The number of hydrogen-bond donors (Lipinski definition) is 2. The highest BCUT2D eigenvalue weighted by Crippen LogP contribution is 2.34. The molecular formula is C17H17N5O2. The van der Waals surface area contributed by atoms with Gasteiger partial charge in [0.2, 0.25) is 5.88 Å². The number of fused-ring (bicyclic) bond motifs is 1. The summed E-state index contributed by atoms with van der Waals surface area (Å²) in [7, 11) is 1.56. The van der Waals surface area contributed by atoms with E-state index in [-0.39, 0.29) is 11.6 Å². The smallest absolute Gasteiger partial charge is 0.273 e. The van der Waals surface area contributed by atoms with Crippen molar-refractivity contribution in [1.29, 1.82) is 0 Å². The van der Waals surface area contributed by atoms with Gasteiger partial charge in [-0.2, -0.15) is 0 Å². The van der Waals surface area contributed by atoms with Crippen molar-refractivity contribution in [3.63, 3.8) is 0 Å². The number of hydrogen-bond acceptors (Lipinski definition) is 6. The highest BCUT2D eigenvalue weighted by atomic mass is 16.5. The molecule has 0 radical (unpaired) electrons. The number of nitrogens with one attached hydrogen (secondary N) is 1. The lowest BCUT2D eigenvalue weighted by atomic mass is 10.0. The van der Waals surface area contributed by atoms with Crippen LogP contribution >= 0.6 is 0 Å². The fraction of sp³-hybridized carbons (Fsp3) is 0.176. The summed E-state index contributed by atoms with van der Waals surface area (Å²) in [6, 6.07) is 9.26. The van der Waals surface area contributed by atoms with E-state index in [0.29, 0.717) is 29.0 Å². The first-order chi connectivity index (χ1) is 11.7. The monoisotopic (exact) mass is 323 g/mol. The zero-order valence-electron chi connectivity index (χ0n) is 13.4. The van der Waals surface area contributed by atoms with Crippen molar-refractivity contribution in [2.75, 3.05) is 19.4 Å². The third-order valence-electron chi connectivity index (χ3n) is 3.64. The molecule has 0 fully saturated rings. The number of rotatable bonds is 4. The Bertz CT molecular complexity index is 911. The average Bonchev–Trinajstić information content (AvgIpc) is 2.62. The Balaban J connectivity index is 2.22. The molecule has 3 aromatic rings. The lowest BCUT2D eigenvalue weighted by Gasteiger charge is -2.11. The van der Waals surface area contributed by atoms with Crippen molar-refractivity contribution in [1.82, 2.24) is 20.5 Å². The number of carbonyl (C=O) groups excluding carboxylic acids is 1. The Kier molecular flexibility index (Phi) is 4.24. The molecule has 24 heavy (non-hydrogen) atoms. The topological polar surface area (TPSA) is 103 Å². The molecule has 2 heterocycles. The highest BCUT2D eigenvalue weighted by molar-refractivity contribution is 6.07. The van der Waals surface area contributed by atoms with E-state index in [0.717, 1.165) is 11.1 Å². The zero-order chi connectivity index (χ0) is 17.1. The molecule has 2 aromatic heterocycles. The van der Waals surface area contributed by atoms with Gasteiger partial charge in [0, 0.05) is 29.3 Å². The number of carbonyl (C=O) groups is 1. The lowest BCUT2D eigenvalue weighted by molar-refractivity contribution is 0.0951. The number of amides is 1. The summed E-state index contributed by atoms with van der Waals surface area (Å²) in [6.07, 6.45) is 1.65. The van der Waals surface area contributed by atoms with Gasteiger partial charge in [-0.3, -0.25) is 4.79 Å². The molecule has 1 amide bonds. The van der Waals surface area contributed by atoms with Gasteiger partial charge >= 0.3 is 0 Å². The van der Waals surface area contributed by atoms with E-state index in [1.54, 1.807) is 13.3 Å². The summed E-state index contributed by atoms with van der Waals surface area (Å²) in [5, 5.41) is 11.6. The molecule has 7 nitrogen and oxygen atoms in total. The molecule has 122 valence electrons. The Morgan fingerprint density at radius 1 is 1.21 bits per heavy atom. The van der Waals surface area contributed by atoms with E-state index in [2.05, 4.69) is 20.5 Å². The Hall–Kier alpha value is -3.22. The van der Waals surface area contributed by atoms with Crippen molar-refractivity contribution in [2.45, 2.75) is 6.92 Å². The number of nitrogen functional groups attached to an aromatic ring is 1. The minimum atomic E-state index is -0.339. The van der Waals surface area contributed by atoms with Gasteiger partial charge in [-0.1, -0.05) is 18.2 Å². The van der Waals surface area contributed by atoms with E-state index in [1.807, 2.05) is 37.3 Å². The van der Waals surface area contributed by atoms with E-state index in [1.165, 1.54) is 0 Å². The van der Waals surface area contributed by atoms with E-state index >= 15 is 0 Å². The third kappa shape index (κ3) is 2.60. The van der Waals surface area contributed by atoms with Gasteiger partial charge in [0.15, 0.2) is 5.69 Å². The third-order valence-corrected chi connectivity index (χ3v) is 3.64. The second kappa shape index (κ2) is 6.49. The number of ether oxygens (including phenoxy) is 1. The van der Waals surface area contributed by atoms with Crippen molar-refractivity contribution < 1.29 is 9.53 Å². The van der Waals surface area contributed by atoms with E-state index < -0.39 is 0 Å². The van der Waals surface area contributed by atoms with Crippen LogP contribution in [0, 0.1) is 0 Å². The van der Waals surface area contributed by atoms with E-state index in [9.17, 15) is 4.79 Å². The number of nitrogens with two attached hydrogens (primary N) is 1. The first kappa shape index (κ1) is 15.7. The lowest BCUT2D eigenvalue weighted by Crippen LogP contribution is -2.25. The number of pyridine rings is 1. The summed E-state index contributed by atoms with van der Waals surface area (Å²) in [4.78, 5) is 16.2. The van der Waals surface area contributed by atoms with Gasteiger partial charge in [-0.25, -0.2) is 4.98 Å². The van der Waals surface area contributed by atoms with Crippen molar-refractivity contribution in [3.8, 4) is 17.0 Å². The molecule has 0 bridgehead atoms. The first-order valence-electron chi connectivity index (χ1n) is 7.49. The number of benzene rings is 1. The average molecular weight is 323 g/mol. The normalized spacial score (nSPS) is 10.6. The molecule has 3 N–H and O–H groups in total. The quantitative estimate of drug-likeness (QED) is 0.761. The summed E-state index contributed by atoms with van der Waals surface area (Å²) in [5.74, 6) is 0.145. The fourth-order valence-corrected chi connectivity index (χ4v) is 2.54. The van der Waals surface area contributed by atoms with Crippen LogP contribution in [-0.2, 0) is 0 Å². The standard InChI is InChI=1S/C17H17N5O2/c1-3-19-16(23)15-13(18)12-7-4-6-10(14(12)21-22-15)11-8-5-9-20-17(11)24-2/h4-9H,3H2,1-2H3,(H2,18,21)(H,19,23). The fourth-order valence-electron chi connectivity index (χ4n) is 2.54. The highest BCUT2D eigenvalue weighted by Gasteiger charge is 2.18. The van der Waals surface area contributed by atoms with Crippen LogP contribution in [-0.4, -0.2) is 34.7 Å². The Labute approximate surface area is 138 Å². The van der Waals surface area contributed by atoms with Crippen LogP contribution in [0.2, 0.25) is 0 Å². The van der Waals surface area contributed by atoms with Gasteiger partial charge in [-0.05, 0) is 19.1 Å². The van der Waals surface area contributed by atoms with Crippen LogP contribution in [0.1, 0.15) is 17.4 Å². The minimum absolute atomic E-state index is 0.125. The minimum Gasteiger partial charge on any atom is -0.481 e. The molecule has 0 aliphatic rings.